The number of hydrazine groups is 1. The molecule has 5 amide bonds. The number of fused-ring (bicyclic) bond motifs is 3. The number of primary amides is 1. The van der Waals surface area contributed by atoms with Gasteiger partial charge in [-0.3, -0.25) is 30.6 Å². The molecule has 3 aromatic rings. The molecule has 12 nitrogen and oxygen atoms in total. The SMILES string of the molecule is NC(=O)CC(=O)NNC(=O)[C@H](Cc1ccc(NC(=O)OCC2c3ccccc3-c3ccccc32)cc1)NC(=O)O. The van der Waals surface area contributed by atoms with Crippen molar-refractivity contribution in [2.45, 2.75) is 24.8 Å². The van der Waals surface area contributed by atoms with Gasteiger partial charge in [0, 0.05) is 18.0 Å². The fourth-order valence-electron chi connectivity index (χ4n) is 4.49. The average Bonchev–Trinajstić information content (AvgIpc) is 3.24. The van der Waals surface area contributed by atoms with Gasteiger partial charge in [0.15, 0.2) is 0 Å². The largest absolute Gasteiger partial charge is 0.465 e. The minimum atomic E-state index is -1.45. The first-order valence-electron chi connectivity index (χ1n) is 12.3. The number of benzene rings is 3. The average molecular weight is 546 g/mol. The highest BCUT2D eigenvalue weighted by Gasteiger charge is 2.29. The summed E-state index contributed by atoms with van der Waals surface area (Å²) in [6.07, 6.45) is -2.78. The van der Waals surface area contributed by atoms with E-state index in [0.29, 0.717) is 11.3 Å². The maximum atomic E-state index is 12.5. The fraction of sp³-hybridized carbons (Fsp3) is 0.179. The maximum Gasteiger partial charge on any atom is 0.411 e. The zero-order valence-electron chi connectivity index (χ0n) is 21.2. The third-order valence-electron chi connectivity index (χ3n) is 6.26. The number of carboxylic acid groups (broad SMARTS) is 1. The van der Waals surface area contributed by atoms with E-state index in [9.17, 15) is 24.0 Å². The minimum Gasteiger partial charge on any atom is -0.465 e. The fourth-order valence-corrected chi connectivity index (χ4v) is 4.49. The van der Waals surface area contributed by atoms with Crippen molar-refractivity contribution in [2.75, 3.05) is 11.9 Å². The minimum absolute atomic E-state index is 0.0605. The van der Waals surface area contributed by atoms with Gasteiger partial charge < -0.3 is 20.9 Å². The summed E-state index contributed by atoms with van der Waals surface area (Å²) in [6, 6.07) is 21.2. The standard InChI is InChI=1S/C28H27N5O7/c29-24(34)14-25(35)32-33-26(36)23(31-27(37)38)13-16-9-11-17(12-10-16)30-28(39)40-15-22-20-7-3-1-5-18(20)19-6-2-4-8-21(19)22/h1-12,22-23,31H,13-15H2,(H2,29,34)(H,30,39)(H,32,35)(H,33,36)(H,37,38)/t23-/m0/s1. The van der Waals surface area contributed by atoms with E-state index in [1.54, 1.807) is 24.3 Å². The van der Waals surface area contributed by atoms with Gasteiger partial charge in [-0.2, -0.15) is 0 Å². The van der Waals surface area contributed by atoms with Crippen LogP contribution in [0.15, 0.2) is 72.8 Å². The van der Waals surface area contributed by atoms with Crippen molar-refractivity contribution < 1.29 is 33.8 Å². The Kier molecular flexibility index (Phi) is 8.59. The van der Waals surface area contributed by atoms with Gasteiger partial charge in [-0.1, -0.05) is 60.7 Å². The van der Waals surface area contributed by atoms with E-state index in [1.807, 2.05) is 41.8 Å². The summed E-state index contributed by atoms with van der Waals surface area (Å²) in [6.45, 7) is 0.158. The van der Waals surface area contributed by atoms with Crippen LogP contribution in [-0.2, 0) is 25.5 Å². The van der Waals surface area contributed by atoms with E-state index in [4.69, 9.17) is 15.6 Å². The molecule has 0 saturated carbocycles. The molecule has 7 N–H and O–H groups in total. The van der Waals surface area contributed by atoms with Crippen molar-refractivity contribution >= 4 is 35.6 Å². The van der Waals surface area contributed by atoms with Crippen LogP contribution in [0.1, 0.15) is 29.0 Å². The van der Waals surface area contributed by atoms with Gasteiger partial charge in [0.2, 0.25) is 11.8 Å². The highest BCUT2D eigenvalue weighted by molar-refractivity contribution is 5.97. The molecule has 0 fully saturated rings. The first kappa shape index (κ1) is 27.6. The third-order valence-corrected chi connectivity index (χ3v) is 6.26. The molecule has 0 aliphatic heterocycles. The quantitative estimate of drug-likeness (QED) is 0.176. The first-order chi connectivity index (χ1) is 19.2. The number of carbonyl (C=O) groups is 5. The van der Waals surface area contributed by atoms with Gasteiger partial charge in [-0.15, -0.1) is 0 Å². The molecule has 0 aromatic heterocycles. The summed E-state index contributed by atoms with van der Waals surface area (Å²) in [5.74, 6) is -2.66. The Labute approximate surface area is 228 Å². The van der Waals surface area contributed by atoms with Crippen LogP contribution in [0.4, 0.5) is 15.3 Å². The monoisotopic (exact) mass is 545 g/mol. The number of nitrogens with two attached hydrogens (primary N) is 1. The van der Waals surface area contributed by atoms with E-state index in [2.05, 4.69) is 28.2 Å². The Balaban J connectivity index is 1.32. The van der Waals surface area contributed by atoms with Gasteiger partial charge in [-0.25, -0.2) is 9.59 Å². The molecular weight excluding hydrogens is 518 g/mol. The Hall–Kier alpha value is -5.39. The zero-order chi connectivity index (χ0) is 28.6. The predicted octanol–water partition coefficient (Wildman–Crippen LogP) is 2.25. The summed E-state index contributed by atoms with van der Waals surface area (Å²) in [5, 5.41) is 13.8. The lowest BCUT2D eigenvalue weighted by molar-refractivity contribution is -0.132. The van der Waals surface area contributed by atoms with Crippen molar-refractivity contribution in [3.8, 4) is 11.1 Å². The lowest BCUT2D eigenvalue weighted by Crippen LogP contribution is -2.53. The van der Waals surface area contributed by atoms with E-state index in [0.717, 1.165) is 22.3 Å². The van der Waals surface area contributed by atoms with Crippen LogP contribution in [-0.4, -0.2) is 47.7 Å². The van der Waals surface area contributed by atoms with Crippen LogP contribution in [0.5, 0.6) is 0 Å². The molecule has 206 valence electrons. The highest BCUT2D eigenvalue weighted by Crippen LogP contribution is 2.44. The van der Waals surface area contributed by atoms with Crippen LogP contribution in [0, 0.1) is 0 Å². The smallest absolute Gasteiger partial charge is 0.411 e. The van der Waals surface area contributed by atoms with Gasteiger partial charge in [-0.05, 0) is 39.9 Å². The molecule has 1 atom stereocenters. The summed E-state index contributed by atoms with van der Waals surface area (Å²) in [5.41, 5.74) is 14.4. The van der Waals surface area contributed by atoms with Gasteiger partial charge in [0.05, 0.1) is 0 Å². The number of nitrogens with one attached hydrogen (secondary N) is 4. The van der Waals surface area contributed by atoms with Crippen LogP contribution < -0.4 is 27.2 Å². The lowest BCUT2D eigenvalue weighted by Gasteiger charge is -2.17. The summed E-state index contributed by atoms with van der Waals surface area (Å²) >= 11 is 0. The molecule has 0 unspecified atom stereocenters. The Morgan fingerprint density at radius 3 is 2.02 bits per heavy atom. The topological polar surface area (TPSA) is 189 Å². The Bertz CT molecular complexity index is 1400. The van der Waals surface area contributed by atoms with E-state index in [1.165, 1.54) is 0 Å². The molecular formula is C28H27N5O7. The van der Waals surface area contributed by atoms with E-state index >= 15 is 0 Å². The number of hydrogen-bond donors (Lipinski definition) is 6. The molecule has 40 heavy (non-hydrogen) atoms. The van der Waals surface area contributed by atoms with Gasteiger partial charge >= 0.3 is 12.2 Å². The second-order valence-electron chi connectivity index (χ2n) is 9.03. The molecule has 1 aliphatic rings. The molecule has 4 rings (SSSR count). The number of hydrogen-bond acceptors (Lipinski definition) is 6. The van der Waals surface area contributed by atoms with Gasteiger partial charge in [0.1, 0.15) is 19.1 Å². The van der Waals surface area contributed by atoms with Crippen LogP contribution >= 0.6 is 0 Å². The summed E-state index contributed by atoms with van der Waals surface area (Å²) < 4.78 is 5.54. The highest BCUT2D eigenvalue weighted by atomic mass is 16.5. The second-order valence-corrected chi connectivity index (χ2v) is 9.03. The van der Waals surface area contributed by atoms with Crippen molar-refractivity contribution in [1.82, 2.24) is 16.2 Å². The molecule has 0 bridgehead atoms. The molecule has 3 aromatic carbocycles. The van der Waals surface area contributed by atoms with Gasteiger partial charge in [0.25, 0.3) is 5.91 Å². The lowest BCUT2D eigenvalue weighted by atomic mass is 9.98. The summed E-state index contributed by atoms with van der Waals surface area (Å²) in [7, 11) is 0. The molecule has 12 heteroatoms. The Morgan fingerprint density at radius 2 is 1.45 bits per heavy atom. The van der Waals surface area contributed by atoms with Crippen molar-refractivity contribution in [1.29, 1.82) is 0 Å². The summed E-state index contributed by atoms with van der Waals surface area (Å²) in [4.78, 5) is 58.4. The molecule has 0 heterocycles. The number of rotatable bonds is 9. The number of carbonyl (C=O) groups excluding carboxylic acids is 4. The van der Waals surface area contributed by atoms with Crippen LogP contribution in [0.25, 0.3) is 11.1 Å². The van der Waals surface area contributed by atoms with Crippen LogP contribution in [0.2, 0.25) is 0 Å². The molecule has 0 saturated heterocycles. The maximum absolute atomic E-state index is 12.5. The number of anilines is 1. The zero-order valence-corrected chi connectivity index (χ0v) is 21.2. The first-order valence-corrected chi connectivity index (χ1v) is 12.3. The molecule has 0 spiro atoms. The Morgan fingerprint density at radius 1 is 0.850 bits per heavy atom. The second kappa shape index (κ2) is 12.4. The van der Waals surface area contributed by atoms with Crippen LogP contribution in [0.3, 0.4) is 0 Å². The van der Waals surface area contributed by atoms with E-state index < -0.39 is 42.4 Å². The number of amides is 5. The molecule has 1 aliphatic carbocycles. The third kappa shape index (κ3) is 6.92. The van der Waals surface area contributed by atoms with Crippen molar-refractivity contribution in [3.05, 3.63) is 89.5 Å². The van der Waals surface area contributed by atoms with Crippen molar-refractivity contribution in [2.24, 2.45) is 5.73 Å². The molecule has 0 radical (unpaired) electrons. The predicted molar refractivity (Wildman–Crippen MR) is 144 cm³/mol. The number of ether oxygens (including phenoxy) is 1. The normalized spacial score (nSPS) is 12.3. The van der Waals surface area contributed by atoms with E-state index in [-0.39, 0.29) is 18.9 Å². The van der Waals surface area contributed by atoms with Crippen molar-refractivity contribution in [3.63, 3.8) is 0 Å².